The summed E-state index contributed by atoms with van der Waals surface area (Å²) in [7, 11) is 1.10. The topological polar surface area (TPSA) is 102 Å². The SMILES string of the molecule is COC(=O)N(CC(=O)O)Cc1cc(OCc2nc(-c3ccc(F)cc3)oc2C)ccc1F. The van der Waals surface area contributed by atoms with E-state index in [0.717, 1.165) is 18.1 Å². The number of halogens is 2. The predicted octanol–water partition coefficient (Wildman–Crippen LogP) is 4.16. The maximum absolute atomic E-state index is 14.2. The third-order valence-corrected chi connectivity index (χ3v) is 4.50. The van der Waals surface area contributed by atoms with Crippen molar-refractivity contribution < 1.29 is 37.4 Å². The molecule has 0 aliphatic heterocycles. The van der Waals surface area contributed by atoms with E-state index in [1.165, 1.54) is 24.3 Å². The van der Waals surface area contributed by atoms with E-state index in [1.807, 2.05) is 0 Å². The molecule has 0 fully saturated rings. The van der Waals surface area contributed by atoms with E-state index < -0.39 is 24.4 Å². The molecular formula is C22H20F2N2O6. The summed E-state index contributed by atoms with van der Waals surface area (Å²) in [5.74, 6) is -1.17. The fourth-order valence-corrected chi connectivity index (χ4v) is 2.87. The molecule has 0 aliphatic rings. The van der Waals surface area contributed by atoms with Crippen LogP contribution in [0.4, 0.5) is 13.6 Å². The molecule has 0 spiro atoms. The number of rotatable bonds is 8. The molecule has 3 aromatic rings. The first-order valence-electron chi connectivity index (χ1n) is 9.45. The number of aromatic nitrogens is 1. The van der Waals surface area contributed by atoms with Crippen LogP contribution < -0.4 is 4.74 Å². The number of carboxylic acids is 1. The van der Waals surface area contributed by atoms with Crippen LogP contribution in [0, 0.1) is 18.6 Å². The molecule has 0 unspecified atom stereocenters. The number of carboxylic acid groups (broad SMARTS) is 1. The van der Waals surface area contributed by atoms with Gasteiger partial charge in [-0.2, -0.15) is 0 Å². The minimum atomic E-state index is -1.26. The fraction of sp³-hybridized carbons (Fsp3) is 0.227. The Hall–Kier alpha value is -3.95. The van der Waals surface area contributed by atoms with E-state index in [0.29, 0.717) is 22.9 Å². The first-order valence-corrected chi connectivity index (χ1v) is 9.45. The van der Waals surface area contributed by atoms with Crippen molar-refractivity contribution in [2.24, 2.45) is 0 Å². The van der Waals surface area contributed by atoms with E-state index in [9.17, 15) is 18.4 Å². The maximum atomic E-state index is 14.2. The normalized spacial score (nSPS) is 10.6. The molecule has 0 atom stereocenters. The highest BCUT2D eigenvalue weighted by Gasteiger charge is 2.20. The van der Waals surface area contributed by atoms with E-state index in [1.54, 1.807) is 19.1 Å². The van der Waals surface area contributed by atoms with E-state index in [4.69, 9.17) is 14.3 Å². The lowest BCUT2D eigenvalue weighted by atomic mass is 10.2. The van der Waals surface area contributed by atoms with Crippen LogP contribution in [0.25, 0.3) is 11.5 Å². The van der Waals surface area contributed by atoms with Gasteiger partial charge >= 0.3 is 12.1 Å². The van der Waals surface area contributed by atoms with Gasteiger partial charge in [-0.1, -0.05) is 0 Å². The number of aliphatic carboxylic acids is 1. The largest absolute Gasteiger partial charge is 0.487 e. The van der Waals surface area contributed by atoms with Gasteiger partial charge in [0.1, 0.15) is 42.0 Å². The predicted molar refractivity (Wildman–Crippen MR) is 108 cm³/mol. The molecule has 1 amide bonds. The van der Waals surface area contributed by atoms with Crippen molar-refractivity contribution in [3.63, 3.8) is 0 Å². The van der Waals surface area contributed by atoms with Crippen LogP contribution in [0.5, 0.6) is 5.75 Å². The first kappa shape index (κ1) is 22.7. The Bertz CT molecular complexity index is 1110. The molecule has 3 rings (SSSR count). The summed E-state index contributed by atoms with van der Waals surface area (Å²) in [4.78, 5) is 28.0. The lowest BCUT2D eigenvalue weighted by Gasteiger charge is -2.19. The second kappa shape index (κ2) is 9.90. The summed E-state index contributed by atoms with van der Waals surface area (Å²) in [6.07, 6.45) is -0.898. The number of nitrogens with zero attached hydrogens (tertiary/aromatic N) is 2. The average molecular weight is 446 g/mol. The van der Waals surface area contributed by atoms with Gasteiger partial charge in [-0.15, -0.1) is 0 Å². The number of aryl methyl sites for hydroxylation is 1. The Balaban J connectivity index is 1.73. The van der Waals surface area contributed by atoms with Crippen molar-refractivity contribution in [1.82, 2.24) is 9.88 Å². The van der Waals surface area contributed by atoms with Gasteiger partial charge in [-0.3, -0.25) is 9.69 Å². The van der Waals surface area contributed by atoms with Crippen LogP contribution in [0.2, 0.25) is 0 Å². The van der Waals surface area contributed by atoms with Gasteiger partial charge in [0.2, 0.25) is 5.89 Å². The van der Waals surface area contributed by atoms with E-state index in [-0.39, 0.29) is 30.3 Å². The molecular weight excluding hydrogens is 426 g/mol. The molecule has 2 aromatic carbocycles. The number of benzene rings is 2. The summed E-state index contributed by atoms with van der Waals surface area (Å²) >= 11 is 0. The van der Waals surface area contributed by atoms with E-state index in [2.05, 4.69) is 9.72 Å². The number of amides is 1. The van der Waals surface area contributed by atoms with Crippen LogP contribution in [-0.2, 0) is 22.7 Å². The Morgan fingerprint density at radius 3 is 2.53 bits per heavy atom. The summed E-state index contributed by atoms with van der Waals surface area (Å²) < 4.78 is 43.2. The minimum Gasteiger partial charge on any atom is -0.487 e. The molecule has 1 aromatic heterocycles. The van der Waals surface area contributed by atoms with Crippen LogP contribution >= 0.6 is 0 Å². The Morgan fingerprint density at radius 1 is 1.16 bits per heavy atom. The molecule has 0 radical (unpaired) electrons. The second-order valence-corrected chi connectivity index (χ2v) is 6.79. The molecule has 10 heteroatoms. The molecule has 1 heterocycles. The van der Waals surface area contributed by atoms with Gasteiger partial charge in [-0.05, 0) is 49.4 Å². The maximum Gasteiger partial charge on any atom is 0.410 e. The molecule has 0 bridgehead atoms. The van der Waals surface area contributed by atoms with Crippen LogP contribution in [0.3, 0.4) is 0 Å². The van der Waals surface area contributed by atoms with Crippen molar-refractivity contribution in [3.8, 4) is 17.2 Å². The molecule has 0 saturated heterocycles. The number of hydrogen-bond acceptors (Lipinski definition) is 6. The van der Waals surface area contributed by atoms with Crippen molar-refractivity contribution in [2.75, 3.05) is 13.7 Å². The molecule has 32 heavy (non-hydrogen) atoms. The van der Waals surface area contributed by atoms with Gasteiger partial charge in [0.05, 0.1) is 13.7 Å². The summed E-state index contributed by atoms with van der Waals surface area (Å²) in [5.41, 5.74) is 1.15. The number of ether oxygens (including phenoxy) is 2. The van der Waals surface area contributed by atoms with Gasteiger partial charge in [0.25, 0.3) is 0 Å². The average Bonchev–Trinajstić information content (AvgIpc) is 3.13. The summed E-state index contributed by atoms with van der Waals surface area (Å²) in [5, 5.41) is 8.96. The lowest BCUT2D eigenvalue weighted by Crippen LogP contribution is -2.35. The van der Waals surface area contributed by atoms with Crippen molar-refractivity contribution in [1.29, 1.82) is 0 Å². The molecule has 8 nitrogen and oxygen atoms in total. The summed E-state index contributed by atoms with van der Waals surface area (Å²) in [6.45, 7) is 0.744. The number of carbonyl (C=O) groups is 2. The molecule has 0 aliphatic carbocycles. The van der Waals surface area contributed by atoms with Gasteiger partial charge in [0, 0.05) is 11.1 Å². The monoisotopic (exact) mass is 446 g/mol. The first-order chi connectivity index (χ1) is 15.3. The Morgan fingerprint density at radius 2 is 1.88 bits per heavy atom. The smallest absolute Gasteiger partial charge is 0.410 e. The number of hydrogen-bond donors (Lipinski definition) is 1. The number of carbonyl (C=O) groups excluding carboxylic acids is 1. The van der Waals surface area contributed by atoms with Crippen LogP contribution in [0.15, 0.2) is 46.9 Å². The minimum absolute atomic E-state index is 0.0114. The molecule has 0 saturated carbocycles. The third-order valence-electron chi connectivity index (χ3n) is 4.50. The fourth-order valence-electron chi connectivity index (χ4n) is 2.87. The summed E-state index contributed by atoms with van der Waals surface area (Å²) in [6, 6.07) is 9.60. The Kier molecular flexibility index (Phi) is 7.04. The highest BCUT2D eigenvalue weighted by molar-refractivity contribution is 5.76. The van der Waals surface area contributed by atoms with E-state index >= 15 is 0 Å². The van der Waals surface area contributed by atoms with Gasteiger partial charge < -0.3 is 19.0 Å². The lowest BCUT2D eigenvalue weighted by molar-refractivity contribution is -0.138. The zero-order valence-corrected chi connectivity index (χ0v) is 17.3. The number of oxazole rings is 1. The standard InChI is InChI=1S/C22H20F2N2O6/c1-13-19(25-21(32-13)14-3-5-16(23)6-4-14)12-31-17-7-8-18(24)15(9-17)10-26(11-20(27)28)22(29)30-2/h3-9H,10-12H2,1-2H3,(H,27,28). The highest BCUT2D eigenvalue weighted by Crippen LogP contribution is 2.24. The van der Waals surface area contributed by atoms with Gasteiger partial charge in [-0.25, -0.2) is 18.6 Å². The number of methoxy groups -OCH3 is 1. The molecule has 168 valence electrons. The van der Waals surface area contributed by atoms with Crippen molar-refractivity contribution in [3.05, 3.63) is 71.1 Å². The van der Waals surface area contributed by atoms with Crippen molar-refractivity contribution >= 4 is 12.1 Å². The third kappa shape index (κ3) is 5.60. The molecule has 1 N–H and O–H groups in total. The van der Waals surface area contributed by atoms with Crippen LogP contribution in [-0.4, -0.2) is 40.7 Å². The zero-order valence-electron chi connectivity index (χ0n) is 17.3. The van der Waals surface area contributed by atoms with Crippen molar-refractivity contribution in [2.45, 2.75) is 20.1 Å². The van der Waals surface area contributed by atoms with Gasteiger partial charge in [0.15, 0.2) is 0 Å². The second-order valence-electron chi connectivity index (χ2n) is 6.79. The zero-order chi connectivity index (χ0) is 23.3. The quantitative estimate of drug-likeness (QED) is 0.554. The Labute approximate surface area is 182 Å². The highest BCUT2D eigenvalue weighted by atomic mass is 19.1. The van der Waals surface area contributed by atoms with Crippen LogP contribution in [0.1, 0.15) is 17.0 Å².